The SMILES string of the molecule is CCCCC(CC)COC(=O)/C=C/c1ccccc1-c1nnn2ccccc12. The number of benzene rings is 1. The molecule has 1 unspecified atom stereocenters. The average Bonchev–Trinajstić information content (AvgIpc) is 3.16. The number of carbonyl (C=O) groups is 1. The van der Waals surface area contributed by atoms with Crippen LogP contribution < -0.4 is 0 Å². The molecule has 0 bridgehead atoms. The highest BCUT2D eigenvalue weighted by molar-refractivity contribution is 5.90. The van der Waals surface area contributed by atoms with Gasteiger partial charge >= 0.3 is 5.97 Å². The molecule has 2 heterocycles. The fraction of sp³-hybridized carbons (Fsp3) is 0.348. The van der Waals surface area contributed by atoms with E-state index in [0.717, 1.165) is 35.2 Å². The topological polar surface area (TPSA) is 56.5 Å². The second-order valence-electron chi connectivity index (χ2n) is 6.94. The van der Waals surface area contributed by atoms with Gasteiger partial charge in [0, 0.05) is 17.8 Å². The summed E-state index contributed by atoms with van der Waals surface area (Å²) in [5, 5.41) is 8.48. The minimum atomic E-state index is -0.308. The van der Waals surface area contributed by atoms with Crippen molar-refractivity contribution in [1.82, 2.24) is 14.8 Å². The van der Waals surface area contributed by atoms with Crippen LogP contribution in [-0.2, 0) is 9.53 Å². The van der Waals surface area contributed by atoms with Crippen molar-refractivity contribution in [3.8, 4) is 11.3 Å². The van der Waals surface area contributed by atoms with E-state index in [0.29, 0.717) is 12.5 Å². The van der Waals surface area contributed by atoms with Gasteiger partial charge < -0.3 is 4.74 Å². The van der Waals surface area contributed by atoms with E-state index < -0.39 is 0 Å². The molecule has 0 aliphatic heterocycles. The zero-order valence-electron chi connectivity index (χ0n) is 16.5. The van der Waals surface area contributed by atoms with Crippen LogP contribution in [0.2, 0.25) is 0 Å². The second kappa shape index (κ2) is 9.83. The Bertz CT molecular complexity index is 946. The predicted octanol–water partition coefficient (Wildman–Crippen LogP) is 5.17. The molecule has 1 aromatic carbocycles. The van der Waals surface area contributed by atoms with Crippen LogP contribution in [0.25, 0.3) is 22.9 Å². The Balaban J connectivity index is 1.72. The van der Waals surface area contributed by atoms with Gasteiger partial charge in [-0.1, -0.05) is 68.7 Å². The monoisotopic (exact) mass is 377 g/mol. The van der Waals surface area contributed by atoms with Gasteiger partial charge in [-0.3, -0.25) is 0 Å². The zero-order chi connectivity index (χ0) is 19.8. The van der Waals surface area contributed by atoms with Crippen LogP contribution in [0.3, 0.4) is 0 Å². The van der Waals surface area contributed by atoms with Gasteiger partial charge in [0.2, 0.25) is 0 Å². The summed E-state index contributed by atoms with van der Waals surface area (Å²) in [5.41, 5.74) is 3.55. The van der Waals surface area contributed by atoms with Gasteiger partial charge in [-0.2, -0.15) is 0 Å². The molecule has 5 nitrogen and oxygen atoms in total. The summed E-state index contributed by atoms with van der Waals surface area (Å²) in [7, 11) is 0. The first-order valence-corrected chi connectivity index (χ1v) is 9.97. The molecule has 28 heavy (non-hydrogen) atoms. The standard InChI is InChI=1S/C23H27N3O2/c1-3-5-10-18(4-2)17-28-22(27)15-14-19-11-6-7-12-20(19)23-21-13-8-9-16-26(21)25-24-23/h6-9,11-16,18H,3-5,10,17H2,1-2H3/b15-14+. The normalized spacial score (nSPS) is 12.5. The van der Waals surface area contributed by atoms with Crippen molar-refractivity contribution in [2.45, 2.75) is 39.5 Å². The van der Waals surface area contributed by atoms with E-state index >= 15 is 0 Å². The van der Waals surface area contributed by atoms with Crippen LogP contribution >= 0.6 is 0 Å². The molecule has 1 atom stereocenters. The number of rotatable bonds is 9. The van der Waals surface area contributed by atoms with Crippen molar-refractivity contribution in [3.63, 3.8) is 0 Å². The van der Waals surface area contributed by atoms with Crippen molar-refractivity contribution in [2.24, 2.45) is 5.92 Å². The quantitative estimate of drug-likeness (QED) is 0.381. The van der Waals surface area contributed by atoms with E-state index in [9.17, 15) is 4.79 Å². The molecule has 0 aliphatic carbocycles. The Morgan fingerprint density at radius 2 is 2.00 bits per heavy atom. The number of fused-ring (bicyclic) bond motifs is 1. The molecule has 146 valence electrons. The Morgan fingerprint density at radius 1 is 1.18 bits per heavy atom. The van der Waals surface area contributed by atoms with E-state index in [4.69, 9.17) is 4.74 Å². The van der Waals surface area contributed by atoms with Crippen LogP contribution in [0.4, 0.5) is 0 Å². The third-order valence-corrected chi connectivity index (χ3v) is 4.94. The van der Waals surface area contributed by atoms with E-state index in [1.165, 1.54) is 18.9 Å². The lowest BCUT2D eigenvalue weighted by Gasteiger charge is -2.13. The summed E-state index contributed by atoms with van der Waals surface area (Å²) in [4.78, 5) is 12.2. The first-order chi connectivity index (χ1) is 13.7. The molecule has 0 saturated heterocycles. The molecule has 2 aromatic heterocycles. The average molecular weight is 377 g/mol. The number of nitrogens with zero attached hydrogens (tertiary/aromatic N) is 3. The lowest BCUT2D eigenvalue weighted by molar-refractivity contribution is -0.139. The van der Waals surface area contributed by atoms with Crippen molar-refractivity contribution >= 4 is 17.6 Å². The molecule has 0 fully saturated rings. The highest BCUT2D eigenvalue weighted by atomic mass is 16.5. The predicted molar refractivity (Wildman–Crippen MR) is 112 cm³/mol. The molecule has 0 radical (unpaired) electrons. The van der Waals surface area contributed by atoms with Crippen molar-refractivity contribution in [2.75, 3.05) is 6.61 Å². The summed E-state index contributed by atoms with van der Waals surface area (Å²) in [5.74, 6) is 0.130. The molecule has 3 aromatic rings. The van der Waals surface area contributed by atoms with Crippen LogP contribution in [-0.4, -0.2) is 27.4 Å². The minimum Gasteiger partial charge on any atom is -0.462 e. The number of pyridine rings is 1. The molecular weight excluding hydrogens is 350 g/mol. The van der Waals surface area contributed by atoms with E-state index in [-0.39, 0.29) is 5.97 Å². The Hall–Kier alpha value is -2.95. The molecule has 0 saturated carbocycles. The third kappa shape index (κ3) is 4.85. The molecule has 0 aliphatic rings. The van der Waals surface area contributed by atoms with Gasteiger partial charge in [0.05, 0.1) is 12.1 Å². The third-order valence-electron chi connectivity index (χ3n) is 4.94. The summed E-state index contributed by atoms with van der Waals surface area (Å²) >= 11 is 0. The molecular formula is C23H27N3O2. The first-order valence-electron chi connectivity index (χ1n) is 9.97. The van der Waals surface area contributed by atoms with Crippen LogP contribution in [0.1, 0.15) is 45.1 Å². The molecule has 0 amide bonds. The fourth-order valence-electron chi connectivity index (χ4n) is 3.20. The smallest absolute Gasteiger partial charge is 0.330 e. The highest BCUT2D eigenvalue weighted by Gasteiger charge is 2.12. The van der Waals surface area contributed by atoms with E-state index in [1.807, 2.05) is 48.7 Å². The number of hydrogen-bond donors (Lipinski definition) is 0. The van der Waals surface area contributed by atoms with Crippen molar-refractivity contribution < 1.29 is 9.53 Å². The number of hydrogen-bond acceptors (Lipinski definition) is 4. The highest BCUT2D eigenvalue weighted by Crippen LogP contribution is 2.26. The second-order valence-corrected chi connectivity index (χ2v) is 6.94. The van der Waals surface area contributed by atoms with Gasteiger partial charge in [-0.25, -0.2) is 9.31 Å². The van der Waals surface area contributed by atoms with E-state index in [2.05, 4.69) is 24.2 Å². The maximum Gasteiger partial charge on any atom is 0.330 e. The van der Waals surface area contributed by atoms with Crippen molar-refractivity contribution in [3.05, 3.63) is 60.3 Å². The Labute approximate surface area is 166 Å². The molecule has 0 spiro atoms. The maximum absolute atomic E-state index is 12.2. The number of aromatic nitrogens is 3. The molecule has 0 N–H and O–H groups in total. The van der Waals surface area contributed by atoms with Gasteiger partial charge in [-0.05, 0) is 36.1 Å². The lowest BCUT2D eigenvalue weighted by atomic mass is 10.0. The molecule has 3 rings (SSSR count). The van der Waals surface area contributed by atoms with Crippen molar-refractivity contribution in [1.29, 1.82) is 0 Å². The Kier molecular flexibility index (Phi) is 6.95. The summed E-state index contributed by atoms with van der Waals surface area (Å²) < 4.78 is 7.20. The number of carbonyl (C=O) groups excluding carboxylic acids is 1. The first kappa shape index (κ1) is 19.8. The number of ether oxygens (including phenoxy) is 1. The minimum absolute atomic E-state index is 0.308. The van der Waals surface area contributed by atoms with Gasteiger partial charge in [0.25, 0.3) is 0 Å². The summed E-state index contributed by atoms with van der Waals surface area (Å²) in [6, 6.07) is 13.7. The van der Waals surface area contributed by atoms with Crippen LogP contribution in [0.15, 0.2) is 54.7 Å². The Morgan fingerprint density at radius 3 is 2.82 bits per heavy atom. The van der Waals surface area contributed by atoms with Gasteiger partial charge in [0.1, 0.15) is 5.69 Å². The van der Waals surface area contributed by atoms with Gasteiger partial charge in [-0.15, -0.1) is 5.10 Å². The van der Waals surface area contributed by atoms with Gasteiger partial charge in [0.15, 0.2) is 0 Å². The van der Waals surface area contributed by atoms with Crippen LogP contribution in [0, 0.1) is 5.92 Å². The van der Waals surface area contributed by atoms with E-state index in [1.54, 1.807) is 10.6 Å². The lowest BCUT2D eigenvalue weighted by Crippen LogP contribution is -2.12. The summed E-state index contributed by atoms with van der Waals surface area (Å²) in [6.07, 6.45) is 9.62. The number of esters is 1. The number of unbranched alkanes of at least 4 members (excludes halogenated alkanes) is 1. The maximum atomic E-state index is 12.2. The summed E-state index contributed by atoms with van der Waals surface area (Å²) in [6.45, 7) is 4.80. The largest absolute Gasteiger partial charge is 0.462 e. The molecule has 5 heteroatoms. The zero-order valence-corrected chi connectivity index (χ0v) is 16.5. The fourth-order valence-corrected chi connectivity index (χ4v) is 3.20. The van der Waals surface area contributed by atoms with Crippen LogP contribution in [0.5, 0.6) is 0 Å².